The van der Waals surface area contributed by atoms with Gasteiger partial charge in [-0.2, -0.15) is 0 Å². The first-order valence-electron chi connectivity index (χ1n) is 4.09. The highest BCUT2D eigenvalue weighted by Crippen LogP contribution is 2.16. The molecule has 0 saturated heterocycles. The summed E-state index contributed by atoms with van der Waals surface area (Å²) in [5.41, 5.74) is 1.17. The Morgan fingerprint density at radius 1 is 1.42 bits per heavy atom. The summed E-state index contributed by atoms with van der Waals surface area (Å²) in [6.07, 6.45) is 4.00. The molecule has 2 rings (SSSR count). The number of fused-ring (bicyclic) bond motifs is 1. The van der Waals surface area contributed by atoms with E-state index in [0.717, 1.165) is 12.4 Å². The molecule has 12 heavy (non-hydrogen) atoms. The standard InChI is InChI=1S/C10H11NO/c1-2-12-10-7-9-5-3-4-6-11(9)8-10/h3-8H,2H2,1H3. The van der Waals surface area contributed by atoms with E-state index in [1.807, 2.05) is 41.9 Å². The van der Waals surface area contributed by atoms with Crippen LogP contribution in [0.4, 0.5) is 0 Å². The van der Waals surface area contributed by atoms with Crippen molar-refractivity contribution in [3.8, 4) is 5.75 Å². The molecule has 0 amide bonds. The summed E-state index contributed by atoms with van der Waals surface area (Å²) in [6.45, 7) is 2.71. The first-order chi connectivity index (χ1) is 5.90. The first-order valence-corrected chi connectivity index (χ1v) is 4.09. The minimum atomic E-state index is 0.719. The molecule has 0 aliphatic heterocycles. The van der Waals surface area contributed by atoms with Crippen molar-refractivity contribution in [3.05, 3.63) is 36.7 Å². The number of rotatable bonds is 2. The Hall–Kier alpha value is -1.44. The van der Waals surface area contributed by atoms with E-state index in [1.54, 1.807) is 0 Å². The van der Waals surface area contributed by atoms with E-state index in [1.165, 1.54) is 5.52 Å². The zero-order valence-corrected chi connectivity index (χ0v) is 7.03. The van der Waals surface area contributed by atoms with Gasteiger partial charge in [0, 0.05) is 17.8 Å². The molecule has 0 fully saturated rings. The van der Waals surface area contributed by atoms with Gasteiger partial charge < -0.3 is 9.14 Å². The molecule has 0 bridgehead atoms. The Morgan fingerprint density at radius 3 is 3.08 bits per heavy atom. The summed E-state index contributed by atoms with van der Waals surface area (Å²) in [6, 6.07) is 8.11. The van der Waals surface area contributed by atoms with E-state index in [9.17, 15) is 0 Å². The minimum Gasteiger partial charge on any atom is -0.492 e. The molecule has 2 nitrogen and oxygen atoms in total. The van der Waals surface area contributed by atoms with Crippen molar-refractivity contribution in [2.45, 2.75) is 6.92 Å². The molecule has 0 saturated carbocycles. The third kappa shape index (κ3) is 1.16. The molecule has 0 spiro atoms. The van der Waals surface area contributed by atoms with Crippen LogP contribution in [-0.2, 0) is 0 Å². The molecule has 2 heteroatoms. The molecule has 0 aliphatic carbocycles. The van der Waals surface area contributed by atoms with E-state index in [4.69, 9.17) is 4.74 Å². The average Bonchev–Trinajstić information content (AvgIpc) is 2.47. The summed E-state index contributed by atoms with van der Waals surface area (Å²) in [4.78, 5) is 0. The summed E-state index contributed by atoms with van der Waals surface area (Å²) < 4.78 is 7.42. The summed E-state index contributed by atoms with van der Waals surface area (Å²) in [5, 5.41) is 0. The van der Waals surface area contributed by atoms with Crippen molar-refractivity contribution < 1.29 is 4.74 Å². The zero-order chi connectivity index (χ0) is 8.39. The SMILES string of the molecule is CCOc1cc2ccccn2c1. The topological polar surface area (TPSA) is 13.6 Å². The summed E-state index contributed by atoms with van der Waals surface area (Å²) in [7, 11) is 0. The minimum absolute atomic E-state index is 0.719. The van der Waals surface area contributed by atoms with Gasteiger partial charge in [-0.25, -0.2) is 0 Å². The Balaban J connectivity index is 2.47. The highest BCUT2D eigenvalue weighted by atomic mass is 16.5. The quantitative estimate of drug-likeness (QED) is 0.659. The number of hydrogen-bond donors (Lipinski definition) is 0. The van der Waals surface area contributed by atoms with Crippen molar-refractivity contribution in [1.29, 1.82) is 0 Å². The highest BCUT2D eigenvalue weighted by molar-refractivity contribution is 5.52. The van der Waals surface area contributed by atoms with Crippen LogP contribution in [0, 0.1) is 0 Å². The number of nitrogens with zero attached hydrogens (tertiary/aromatic N) is 1. The highest BCUT2D eigenvalue weighted by Gasteiger charge is 1.96. The summed E-state index contributed by atoms with van der Waals surface area (Å²) >= 11 is 0. The van der Waals surface area contributed by atoms with Gasteiger partial charge in [0.15, 0.2) is 0 Å². The van der Waals surface area contributed by atoms with Gasteiger partial charge in [-0.1, -0.05) is 6.07 Å². The normalized spacial score (nSPS) is 10.4. The predicted octanol–water partition coefficient (Wildman–Crippen LogP) is 2.34. The number of pyridine rings is 1. The van der Waals surface area contributed by atoms with Crippen LogP contribution in [0.15, 0.2) is 36.7 Å². The van der Waals surface area contributed by atoms with Crippen LogP contribution in [0.2, 0.25) is 0 Å². The summed E-state index contributed by atoms with van der Waals surface area (Å²) in [5.74, 6) is 0.934. The average molecular weight is 161 g/mol. The molecule has 2 aromatic heterocycles. The fourth-order valence-electron chi connectivity index (χ4n) is 1.27. The second-order valence-corrected chi connectivity index (χ2v) is 2.64. The van der Waals surface area contributed by atoms with Crippen LogP contribution in [0.1, 0.15) is 6.92 Å². The molecule has 0 radical (unpaired) electrons. The van der Waals surface area contributed by atoms with Gasteiger partial charge in [-0.05, 0) is 19.1 Å². The Morgan fingerprint density at radius 2 is 2.33 bits per heavy atom. The van der Waals surface area contributed by atoms with E-state index in [-0.39, 0.29) is 0 Å². The number of aromatic nitrogens is 1. The fraction of sp³-hybridized carbons (Fsp3) is 0.200. The maximum absolute atomic E-state index is 5.37. The first kappa shape index (κ1) is 7.22. The van der Waals surface area contributed by atoms with Crippen molar-refractivity contribution in [2.24, 2.45) is 0 Å². The molecular formula is C10H11NO. The lowest BCUT2D eigenvalue weighted by Crippen LogP contribution is -1.88. The van der Waals surface area contributed by atoms with Crippen molar-refractivity contribution >= 4 is 5.52 Å². The van der Waals surface area contributed by atoms with E-state index in [0.29, 0.717) is 0 Å². The number of ether oxygens (including phenoxy) is 1. The van der Waals surface area contributed by atoms with Crippen LogP contribution < -0.4 is 4.74 Å². The van der Waals surface area contributed by atoms with Crippen molar-refractivity contribution in [1.82, 2.24) is 4.40 Å². The van der Waals surface area contributed by atoms with Gasteiger partial charge in [0.2, 0.25) is 0 Å². The predicted molar refractivity (Wildman–Crippen MR) is 48.6 cm³/mol. The lowest BCUT2D eigenvalue weighted by atomic mass is 10.4. The zero-order valence-electron chi connectivity index (χ0n) is 7.03. The molecule has 0 unspecified atom stereocenters. The third-order valence-electron chi connectivity index (χ3n) is 1.79. The monoisotopic (exact) mass is 161 g/mol. The Bertz CT molecular complexity index is 345. The molecule has 0 N–H and O–H groups in total. The molecule has 62 valence electrons. The van der Waals surface area contributed by atoms with Gasteiger partial charge in [0.1, 0.15) is 5.75 Å². The van der Waals surface area contributed by atoms with Gasteiger partial charge in [0.05, 0.1) is 12.8 Å². The largest absolute Gasteiger partial charge is 0.492 e. The maximum Gasteiger partial charge on any atom is 0.137 e. The van der Waals surface area contributed by atoms with Crippen LogP contribution in [0.3, 0.4) is 0 Å². The lowest BCUT2D eigenvalue weighted by Gasteiger charge is -1.94. The second kappa shape index (κ2) is 2.89. The fourth-order valence-corrected chi connectivity index (χ4v) is 1.27. The van der Waals surface area contributed by atoms with Gasteiger partial charge in [-0.3, -0.25) is 0 Å². The molecule has 0 aliphatic rings. The molecule has 0 atom stereocenters. The van der Waals surface area contributed by atoms with Crippen LogP contribution in [0.5, 0.6) is 5.75 Å². The molecule has 2 aromatic rings. The number of hydrogen-bond acceptors (Lipinski definition) is 1. The van der Waals surface area contributed by atoms with E-state index >= 15 is 0 Å². The Kier molecular flexibility index (Phi) is 1.74. The van der Waals surface area contributed by atoms with Gasteiger partial charge in [-0.15, -0.1) is 0 Å². The molecule has 0 aromatic carbocycles. The molecule has 2 heterocycles. The van der Waals surface area contributed by atoms with E-state index < -0.39 is 0 Å². The Labute approximate surface area is 71.4 Å². The maximum atomic E-state index is 5.37. The van der Waals surface area contributed by atoms with Crippen molar-refractivity contribution in [2.75, 3.05) is 6.61 Å². The second-order valence-electron chi connectivity index (χ2n) is 2.64. The van der Waals surface area contributed by atoms with Crippen LogP contribution >= 0.6 is 0 Å². The smallest absolute Gasteiger partial charge is 0.137 e. The van der Waals surface area contributed by atoms with E-state index in [2.05, 4.69) is 6.07 Å². The van der Waals surface area contributed by atoms with Gasteiger partial charge >= 0.3 is 0 Å². The van der Waals surface area contributed by atoms with Crippen LogP contribution in [-0.4, -0.2) is 11.0 Å². The van der Waals surface area contributed by atoms with Crippen LogP contribution in [0.25, 0.3) is 5.52 Å². The third-order valence-corrected chi connectivity index (χ3v) is 1.79. The van der Waals surface area contributed by atoms with Crippen molar-refractivity contribution in [3.63, 3.8) is 0 Å². The van der Waals surface area contributed by atoms with Gasteiger partial charge in [0.25, 0.3) is 0 Å². The molecular weight excluding hydrogens is 150 g/mol. The lowest BCUT2D eigenvalue weighted by molar-refractivity contribution is 0.340.